The van der Waals surface area contributed by atoms with E-state index in [1.807, 2.05) is 24.3 Å². The lowest BCUT2D eigenvalue weighted by Gasteiger charge is -2.26. The number of amides is 1. The summed E-state index contributed by atoms with van der Waals surface area (Å²) in [5, 5.41) is 6.21. The molecule has 1 saturated heterocycles. The first kappa shape index (κ1) is 20.0. The maximum atomic E-state index is 11.8. The molecule has 0 aliphatic carbocycles. The summed E-state index contributed by atoms with van der Waals surface area (Å²) in [5.41, 5.74) is 1.08. The highest BCUT2D eigenvalue weighted by Crippen LogP contribution is 2.10. The van der Waals surface area contributed by atoms with Crippen LogP contribution in [0.5, 0.6) is 5.75 Å². The van der Waals surface area contributed by atoms with Gasteiger partial charge >= 0.3 is 0 Å². The van der Waals surface area contributed by atoms with Gasteiger partial charge in [-0.2, -0.15) is 0 Å². The van der Waals surface area contributed by atoms with Gasteiger partial charge in [0.05, 0.1) is 13.7 Å². The number of methoxy groups -OCH3 is 1. The summed E-state index contributed by atoms with van der Waals surface area (Å²) in [6.07, 6.45) is 0. The molecule has 1 aromatic carbocycles. The Hall–Kier alpha value is -1.01. The molecule has 2 rings (SSSR count). The van der Waals surface area contributed by atoms with E-state index >= 15 is 0 Å². The number of nitrogens with zero attached hydrogens (tertiary/aromatic N) is 1. The van der Waals surface area contributed by atoms with E-state index in [1.54, 1.807) is 7.11 Å². The fourth-order valence-corrected chi connectivity index (χ4v) is 2.07. The molecule has 7 heteroatoms. The van der Waals surface area contributed by atoms with Crippen LogP contribution in [0.4, 0.5) is 0 Å². The molecule has 120 valence electrons. The van der Waals surface area contributed by atoms with Gasteiger partial charge in [-0.25, -0.2) is 0 Å². The zero-order valence-electron chi connectivity index (χ0n) is 12.1. The van der Waals surface area contributed by atoms with Gasteiger partial charge in [0.15, 0.2) is 0 Å². The average Bonchev–Trinajstić information content (AvgIpc) is 2.47. The Morgan fingerprint density at radius 3 is 2.43 bits per heavy atom. The van der Waals surface area contributed by atoms with Gasteiger partial charge < -0.3 is 15.4 Å². The zero-order valence-corrected chi connectivity index (χ0v) is 13.8. The molecule has 0 bridgehead atoms. The first-order valence-electron chi connectivity index (χ1n) is 6.60. The van der Waals surface area contributed by atoms with Crippen LogP contribution in [0.25, 0.3) is 0 Å². The lowest BCUT2D eigenvalue weighted by molar-refractivity contribution is -0.122. The number of hydrogen-bond donors (Lipinski definition) is 2. The molecule has 2 N–H and O–H groups in total. The predicted octanol–water partition coefficient (Wildman–Crippen LogP) is 1.06. The van der Waals surface area contributed by atoms with Gasteiger partial charge in [-0.05, 0) is 17.7 Å². The van der Waals surface area contributed by atoms with Crippen molar-refractivity contribution < 1.29 is 9.53 Å². The van der Waals surface area contributed by atoms with Crippen LogP contribution in [0.2, 0.25) is 0 Å². The maximum Gasteiger partial charge on any atom is 0.234 e. The Labute approximate surface area is 138 Å². The van der Waals surface area contributed by atoms with Crippen molar-refractivity contribution in [2.45, 2.75) is 6.54 Å². The van der Waals surface area contributed by atoms with Crippen molar-refractivity contribution in [2.24, 2.45) is 0 Å². The van der Waals surface area contributed by atoms with Gasteiger partial charge in [0.2, 0.25) is 5.91 Å². The second kappa shape index (κ2) is 10.7. The molecule has 0 unspecified atom stereocenters. The van der Waals surface area contributed by atoms with Crippen molar-refractivity contribution in [3.8, 4) is 5.75 Å². The third kappa shape index (κ3) is 7.00. The van der Waals surface area contributed by atoms with E-state index < -0.39 is 0 Å². The third-order valence-corrected chi connectivity index (χ3v) is 3.23. The molecule has 1 aromatic rings. The van der Waals surface area contributed by atoms with Gasteiger partial charge in [-0.1, -0.05) is 12.1 Å². The quantitative estimate of drug-likeness (QED) is 0.844. The van der Waals surface area contributed by atoms with Gasteiger partial charge in [0.25, 0.3) is 0 Å². The van der Waals surface area contributed by atoms with Gasteiger partial charge in [-0.15, -0.1) is 24.8 Å². The van der Waals surface area contributed by atoms with Crippen LogP contribution >= 0.6 is 24.8 Å². The minimum absolute atomic E-state index is 0. The molecule has 0 spiro atoms. The minimum Gasteiger partial charge on any atom is -0.497 e. The molecule has 1 heterocycles. The Balaban J connectivity index is 0.00000200. The van der Waals surface area contributed by atoms with E-state index in [9.17, 15) is 4.79 Å². The number of rotatable bonds is 5. The summed E-state index contributed by atoms with van der Waals surface area (Å²) >= 11 is 0. The van der Waals surface area contributed by atoms with Gasteiger partial charge in [0, 0.05) is 32.7 Å². The van der Waals surface area contributed by atoms with Crippen LogP contribution in [0, 0.1) is 0 Å². The van der Waals surface area contributed by atoms with Gasteiger partial charge in [0.1, 0.15) is 5.75 Å². The van der Waals surface area contributed by atoms with E-state index in [2.05, 4.69) is 15.5 Å². The summed E-state index contributed by atoms with van der Waals surface area (Å²) < 4.78 is 5.10. The lowest BCUT2D eigenvalue weighted by Crippen LogP contribution is -2.47. The summed E-state index contributed by atoms with van der Waals surface area (Å²) in [5.74, 6) is 0.911. The fraction of sp³-hybridized carbons (Fsp3) is 0.500. The molecule has 5 nitrogen and oxygen atoms in total. The Morgan fingerprint density at radius 2 is 1.86 bits per heavy atom. The van der Waals surface area contributed by atoms with E-state index in [0.717, 1.165) is 37.5 Å². The summed E-state index contributed by atoms with van der Waals surface area (Å²) in [7, 11) is 1.64. The molecule has 0 saturated carbocycles. The van der Waals surface area contributed by atoms with Crippen molar-refractivity contribution in [3.05, 3.63) is 29.8 Å². The molecule has 1 amide bonds. The number of nitrogens with one attached hydrogen (secondary N) is 2. The Kier molecular flexibility index (Phi) is 10.2. The highest BCUT2D eigenvalue weighted by molar-refractivity contribution is 5.85. The maximum absolute atomic E-state index is 11.8. The normalized spacial score (nSPS) is 14.5. The number of ether oxygens (including phenoxy) is 1. The first-order chi connectivity index (χ1) is 9.28. The van der Waals surface area contributed by atoms with Crippen molar-refractivity contribution in [1.29, 1.82) is 0 Å². The Bertz CT molecular complexity index is 409. The summed E-state index contributed by atoms with van der Waals surface area (Å²) in [6.45, 7) is 4.86. The number of benzene rings is 1. The van der Waals surface area contributed by atoms with Crippen molar-refractivity contribution in [2.75, 3.05) is 39.8 Å². The molecular formula is C14H23Cl2N3O2. The first-order valence-corrected chi connectivity index (χ1v) is 6.60. The van der Waals surface area contributed by atoms with Crippen LogP contribution in [0.3, 0.4) is 0 Å². The monoisotopic (exact) mass is 335 g/mol. The molecule has 21 heavy (non-hydrogen) atoms. The second-order valence-corrected chi connectivity index (χ2v) is 4.65. The summed E-state index contributed by atoms with van der Waals surface area (Å²) in [6, 6.07) is 7.73. The van der Waals surface area contributed by atoms with Crippen LogP contribution in [0.15, 0.2) is 24.3 Å². The number of carbonyl (C=O) groups is 1. The zero-order chi connectivity index (χ0) is 13.5. The van der Waals surface area contributed by atoms with Crippen LogP contribution < -0.4 is 15.4 Å². The van der Waals surface area contributed by atoms with Crippen LogP contribution in [-0.2, 0) is 11.3 Å². The highest BCUT2D eigenvalue weighted by Gasteiger charge is 2.12. The summed E-state index contributed by atoms with van der Waals surface area (Å²) in [4.78, 5) is 14.0. The largest absolute Gasteiger partial charge is 0.497 e. The molecular weight excluding hydrogens is 313 g/mol. The van der Waals surface area contributed by atoms with E-state index in [-0.39, 0.29) is 30.7 Å². The lowest BCUT2D eigenvalue weighted by atomic mass is 10.2. The van der Waals surface area contributed by atoms with E-state index in [0.29, 0.717) is 13.1 Å². The van der Waals surface area contributed by atoms with E-state index in [1.165, 1.54) is 0 Å². The van der Waals surface area contributed by atoms with Crippen LogP contribution in [0.1, 0.15) is 5.56 Å². The van der Waals surface area contributed by atoms with Crippen molar-refractivity contribution >= 4 is 30.7 Å². The molecule has 0 atom stereocenters. The Morgan fingerprint density at radius 1 is 1.24 bits per heavy atom. The molecule has 1 aliphatic heterocycles. The second-order valence-electron chi connectivity index (χ2n) is 4.65. The topological polar surface area (TPSA) is 53.6 Å². The molecule has 1 aliphatic rings. The molecule has 0 aromatic heterocycles. The SMILES string of the molecule is COc1ccc(CNC(=O)CN2CCNCC2)cc1.Cl.Cl. The minimum atomic E-state index is 0. The smallest absolute Gasteiger partial charge is 0.234 e. The average molecular weight is 336 g/mol. The van der Waals surface area contributed by atoms with Crippen molar-refractivity contribution in [1.82, 2.24) is 15.5 Å². The third-order valence-electron chi connectivity index (χ3n) is 3.23. The number of hydrogen-bond acceptors (Lipinski definition) is 4. The number of carbonyl (C=O) groups excluding carboxylic acids is 1. The standard InChI is InChI=1S/C14H21N3O2.2ClH/c1-19-13-4-2-12(3-5-13)10-16-14(18)11-17-8-6-15-7-9-17;;/h2-5,15H,6-11H2,1H3,(H,16,18);2*1H. The number of piperazine rings is 1. The van der Waals surface area contributed by atoms with Gasteiger partial charge in [-0.3, -0.25) is 9.69 Å². The molecule has 0 radical (unpaired) electrons. The van der Waals surface area contributed by atoms with E-state index in [4.69, 9.17) is 4.74 Å². The highest BCUT2D eigenvalue weighted by atomic mass is 35.5. The molecule has 1 fully saturated rings. The van der Waals surface area contributed by atoms with Crippen molar-refractivity contribution in [3.63, 3.8) is 0 Å². The fourth-order valence-electron chi connectivity index (χ4n) is 2.07. The number of halogens is 2. The predicted molar refractivity (Wildman–Crippen MR) is 88.6 cm³/mol. The van der Waals surface area contributed by atoms with Crippen LogP contribution in [-0.4, -0.2) is 50.6 Å².